The van der Waals surface area contributed by atoms with E-state index in [0.717, 1.165) is 5.56 Å². The Morgan fingerprint density at radius 1 is 1.17 bits per heavy atom. The summed E-state index contributed by atoms with van der Waals surface area (Å²) < 4.78 is 5.79. The zero-order valence-corrected chi connectivity index (χ0v) is 13.6. The largest absolute Gasteiger partial charge is 0.457 e. The monoisotopic (exact) mass is 328 g/mol. The fraction of sp³-hybridized carbons (Fsp3) is 0.222. The number of ether oxygens (including phenoxy) is 1. The van der Waals surface area contributed by atoms with E-state index in [4.69, 9.17) is 4.74 Å². The summed E-state index contributed by atoms with van der Waals surface area (Å²) in [5.74, 6) is 0.0123. The van der Waals surface area contributed by atoms with Crippen molar-refractivity contribution in [2.24, 2.45) is 0 Å². The minimum atomic E-state index is -1.02. The summed E-state index contributed by atoms with van der Waals surface area (Å²) in [6.07, 6.45) is 0. The maximum atomic E-state index is 12.4. The van der Waals surface area contributed by atoms with E-state index in [1.54, 1.807) is 30.3 Å². The minimum absolute atomic E-state index is 0.279. The van der Waals surface area contributed by atoms with E-state index < -0.39 is 24.5 Å². The molecule has 0 saturated carbocycles. The molecule has 2 aromatic carbocycles. The highest BCUT2D eigenvalue weighted by Crippen LogP contribution is 2.25. The number of carbonyl (C=O) groups is 2. The van der Waals surface area contributed by atoms with Crippen LogP contribution in [0.1, 0.15) is 15.9 Å². The molecule has 0 aliphatic heterocycles. The molecular weight excluding hydrogens is 308 g/mol. The van der Waals surface area contributed by atoms with Crippen molar-refractivity contribution in [3.05, 3.63) is 59.7 Å². The third-order valence-electron chi connectivity index (χ3n) is 3.40. The third-order valence-corrected chi connectivity index (χ3v) is 3.40. The summed E-state index contributed by atoms with van der Waals surface area (Å²) in [6.45, 7) is 1.45. The zero-order valence-electron chi connectivity index (χ0n) is 13.6. The molecule has 6 nitrogen and oxygen atoms in total. The maximum absolute atomic E-state index is 12.4. The van der Waals surface area contributed by atoms with Crippen LogP contribution in [0.2, 0.25) is 0 Å². The first-order chi connectivity index (χ1) is 11.5. The summed E-state index contributed by atoms with van der Waals surface area (Å²) in [5, 5.41) is 14.1. The number of amides is 2. The number of carbonyl (C=O) groups excluding carboxylic acids is 2. The normalized spacial score (nSPS) is 11.5. The average Bonchev–Trinajstić information content (AvgIpc) is 2.59. The Hall–Kier alpha value is -2.86. The molecule has 6 heteroatoms. The first-order valence-electron chi connectivity index (χ1n) is 7.52. The van der Waals surface area contributed by atoms with Gasteiger partial charge in [-0.25, -0.2) is 0 Å². The van der Waals surface area contributed by atoms with Crippen molar-refractivity contribution in [1.82, 2.24) is 10.6 Å². The molecule has 2 rings (SSSR count). The number of likely N-dealkylation sites (N-methyl/N-ethyl adjacent to an activating group) is 1. The Bertz CT molecular complexity index is 730. The van der Waals surface area contributed by atoms with Gasteiger partial charge in [0.25, 0.3) is 5.91 Å². The summed E-state index contributed by atoms with van der Waals surface area (Å²) >= 11 is 0. The molecule has 0 heterocycles. The number of rotatable bonds is 6. The first-order valence-corrected chi connectivity index (χ1v) is 7.52. The standard InChI is InChI=1S/C18H20N2O4/c1-12-6-5-7-13(10-12)24-16-9-4-3-8-14(16)17(22)20-15(11-21)18(23)19-2/h3-10,15,21H,11H2,1-2H3,(H,19,23)(H,20,22)/t15-/m1/s1. The summed E-state index contributed by atoms with van der Waals surface area (Å²) in [5.41, 5.74) is 1.32. The Morgan fingerprint density at radius 2 is 1.92 bits per heavy atom. The van der Waals surface area contributed by atoms with Crippen molar-refractivity contribution >= 4 is 11.8 Å². The average molecular weight is 328 g/mol. The second-order valence-corrected chi connectivity index (χ2v) is 5.24. The van der Waals surface area contributed by atoms with E-state index >= 15 is 0 Å². The van der Waals surface area contributed by atoms with Crippen LogP contribution in [0, 0.1) is 6.92 Å². The van der Waals surface area contributed by atoms with Crippen molar-refractivity contribution in [3.8, 4) is 11.5 Å². The molecule has 0 spiro atoms. The number of hydrogen-bond donors (Lipinski definition) is 3. The number of nitrogens with one attached hydrogen (secondary N) is 2. The first kappa shape index (κ1) is 17.5. The van der Waals surface area contributed by atoms with Crippen LogP contribution >= 0.6 is 0 Å². The molecule has 0 bridgehead atoms. The molecule has 0 aliphatic carbocycles. The van der Waals surface area contributed by atoms with Gasteiger partial charge in [0, 0.05) is 7.05 Å². The fourth-order valence-corrected chi connectivity index (χ4v) is 2.15. The molecule has 0 aliphatic rings. The lowest BCUT2D eigenvalue weighted by Crippen LogP contribution is -2.48. The molecule has 0 saturated heterocycles. The molecule has 2 aromatic rings. The van der Waals surface area contributed by atoms with Gasteiger partial charge in [-0.1, -0.05) is 24.3 Å². The molecule has 2 amide bonds. The minimum Gasteiger partial charge on any atom is -0.457 e. The summed E-state index contributed by atoms with van der Waals surface area (Å²) in [7, 11) is 1.44. The highest BCUT2D eigenvalue weighted by Gasteiger charge is 2.21. The van der Waals surface area contributed by atoms with Crippen LogP contribution in [0.4, 0.5) is 0 Å². The van der Waals surface area contributed by atoms with Crippen LogP contribution in [-0.2, 0) is 4.79 Å². The van der Waals surface area contributed by atoms with Crippen LogP contribution in [0.25, 0.3) is 0 Å². The van der Waals surface area contributed by atoms with Crippen LogP contribution in [0.15, 0.2) is 48.5 Å². The van der Waals surface area contributed by atoms with Gasteiger partial charge < -0.3 is 20.5 Å². The number of aliphatic hydroxyl groups is 1. The summed E-state index contributed by atoms with van der Waals surface area (Å²) in [6, 6.07) is 13.2. The zero-order chi connectivity index (χ0) is 17.5. The second-order valence-electron chi connectivity index (χ2n) is 5.24. The maximum Gasteiger partial charge on any atom is 0.255 e. The Labute approximate surface area is 140 Å². The Balaban J connectivity index is 2.21. The third kappa shape index (κ3) is 4.33. The molecular formula is C18H20N2O4. The lowest BCUT2D eigenvalue weighted by Gasteiger charge is -2.16. The predicted octanol–water partition coefficient (Wildman–Crippen LogP) is 1.62. The Morgan fingerprint density at radius 3 is 2.58 bits per heavy atom. The predicted molar refractivity (Wildman–Crippen MR) is 90.1 cm³/mol. The fourth-order valence-electron chi connectivity index (χ4n) is 2.15. The highest BCUT2D eigenvalue weighted by atomic mass is 16.5. The van der Waals surface area contributed by atoms with Crippen LogP contribution in [0.3, 0.4) is 0 Å². The molecule has 0 aromatic heterocycles. The van der Waals surface area contributed by atoms with Gasteiger partial charge in [0.05, 0.1) is 12.2 Å². The SMILES string of the molecule is CNC(=O)[C@@H](CO)NC(=O)c1ccccc1Oc1cccc(C)c1. The molecule has 126 valence electrons. The van der Waals surface area contributed by atoms with Gasteiger partial charge in [-0.2, -0.15) is 0 Å². The van der Waals surface area contributed by atoms with Gasteiger partial charge in [-0.15, -0.1) is 0 Å². The smallest absolute Gasteiger partial charge is 0.255 e. The van der Waals surface area contributed by atoms with Gasteiger partial charge in [0.15, 0.2) is 0 Å². The molecule has 0 fully saturated rings. The molecule has 3 N–H and O–H groups in total. The number of aliphatic hydroxyl groups excluding tert-OH is 1. The van der Waals surface area contributed by atoms with E-state index in [1.807, 2.05) is 25.1 Å². The highest BCUT2D eigenvalue weighted by molar-refractivity contribution is 5.99. The van der Waals surface area contributed by atoms with Crippen molar-refractivity contribution in [2.75, 3.05) is 13.7 Å². The van der Waals surface area contributed by atoms with E-state index in [-0.39, 0.29) is 5.56 Å². The van der Waals surface area contributed by atoms with E-state index in [0.29, 0.717) is 11.5 Å². The molecule has 0 unspecified atom stereocenters. The molecule has 24 heavy (non-hydrogen) atoms. The van der Waals surface area contributed by atoms with Gasteiger partial charge in [0.2, 0.25) is 5.91 Å². The number of para-hydroxylation sites is 1. The second kappa shape index (κ2) is 8.12. The van der Waals surface area contributed by atoms with Gasteiger partial charge in [-0.05, 0) is 36.8 Å². The van der Waals surface area contributed by atoms with Crippen molar-refractivity contribution in [2.45, 2.75) is 13.0 Å². The number of benzene rings is 2. The van der Waals surface area contributed by atoms with Crippen molar-refractivity contribution in [1.29, 1.82) is 0 Å². The van der Waals surface area contributed by atoms with Crippen LogP contribution in [0.5, 0.6) is 11.5 Å². The van der Waals surface area contributed by atoms with Gasteiger partial charge >= 0.3 is 0 Å². The van der Waals surface area contributed by atoms with Crippen molar-refractivity contribution in [3.63, 3.8) is 0 Å². The van der Waals surface area contributed by atoms with Crippen LogP contribution < -0.4 is 15.4 Å². The van der Waals surface area contributed by atoms with Crippen LogP contribution in [-0.4, -0.2) is 36.6 Å². The topological polar surface area (TPSA) is 87.7 Å². The Kier molecular flexibility index (Phi) is 5.92. The van der Waals surface area contributed by atoms with E-state index in [9.17, 15) is 14.7 Å². The molecule has 1 atom stereocenters. The lowest BCUT2D eigenvalue weighted by molar-refractivity contribution is -0.123. The van der Waals surface area contributed by atoms with Crippen molar-refractivity contribution < 1.29 is 19.4 Å². The quantitative estimate of drug-likeness (QED) is 0.752. The van der Waals surface area contributed by atoms with Gasteiger partial charge in [0.1, 0.15) is 17.5 Å². The lowest BCUT2D eigenvalue weighted by atomic mass is 10.1. The van der Waals surface area contributed by atoms with E-state index in [1.165, 1.54) is 7.05 Å². The number of hydrogen-bond acceptors (Lipinski definition) is 4. The summed E-state index contributed by atoms with van der Waals surface area (Å²) in [4.78, 5) is 24.0. The number of aryl methyl sites for hydroxylation is 1. The van der Waals surface area contributed by atoms with E-state index in [2.05, 4.69) is 10.6 Å². The molecule has 0 radical (unpaired) electrons. The van der Waals surface area contributed by atoms with Gasteiger partial charge in [-0.3, -0.25) is 9.59 Å².